The molecule has 4 aromatic heterocycles. The van der Waals surface area contributed by atoms with E-state index in [0.717, 1.165) is 6.54 Å². The van der Waals surface area contributed by atoms with Crippen LogP contribution >= 0.6 is 0 Å². The SMILES string of the molecule is C[n+]1c2n(c3cc4ccncn4c31)Cc1ccncc1-2. The molecule has 20 heavy (non-hydrogen) atoms. The smallest absolute Gasteiger partial charge is 0.264 e. The van der Waals surface area contributed by atoms with Gasteiger partial charge >= 0.3 is 0 Å². The maximum absolute atomic E-state index is 4.27. The molecule has 1 aliphatic heterocycles. The molecule has 0 atom stereocenters. The highest BCUT2D eigenvalue weighted by atomic mass is 15.2. The van der Waals surface area contributed by atoms with Crippen LogP contribution in [-0.2, 0) is 13.6 Å². The summed E-state index contributed by atoms with van der Waals surface area (Å²) in [6.45, 7) is 0.912. The van der Waals surface area contributed by atoms with Crippen LogP contribution in [-0.4, -0.2) is 18.9 Å². The van der Waals surface area contributed by atoms with Crippen LogP contribution in [0, 0.1) is 0 Å². The monoisotopic (exact) mass is 262 g/mol. The molecule has 0 N–H and O–H groups in total. The highest BCUT2D eigenvalue weighted by molar-refractivity contribution is 5.83. The standard InChI is InChI=1S/C15H12N5/c1-18-14-12-7-16-4-2-10(12)8-19(14)13-6-11-3-5-17-9-20(11)15(13)18/h2-7,9H,8H2,1H3/q+1. The lowest BCUT2D eigenvalue weighted by molar-refractivity contribution is -0.636. The summed E-state index contributed by atoms with van der Waals surface area (Å²) in [6.07, 6.45) is 7.52. The number of aryl methyl sites for hydroxylation is 1. The topological polar surface area (TPSA) is 39.0 Å². The van der Waals surface area contributed by atoms with E-state index in [1.54, 1.807) is 0 Å². The fourth-order valence-corrected chi connectivity index (χ4v) is 3.34. The molecular formula is C15H12N5+. The Kier molecular flexibility index (Phi) is 1.65. The Morgan fingerprint density at radius 3 is 3.05 bits per heavy atom. The van der Waals surface area contributed by atoms with Crippen molar-refractivity contribution in [2.45, 2.75) is 6.54 Å². The third-order valence-corrected chi connectivity index (χ3v) is 4.20. The van der Waals surface area contributed by atoms with E-state index in [9.17, 15) is 0 Å². The fourth-order valence-electron chi connectivity index (χ4n) is 3.34. The molecular weight excluding hydrogens is 250 g/mol. The highest BCUT2D eigenvalue weighted by Gasteiger charge is 2.32. The molecule has 0 spiro atoms. The van der Waals surface area contributed by atoms with Gasteiger partial charge in [-0.2, -0.15) is 0 Å². The Morgan fingerprint density at radius 2 is 2.10 bits per heavy atom. The molecule has 0 saturated heterocycles. The first-order chi connectivity index (χ1) is 9.84. The van der Waals surface area contributed by atoms with Gasteiger partial charge in [0.2, 0.25) is 5.82 Å². The summed E-state index contributed by atoms with van der Waals surface area (Å²) < 4.78 is 6.73. The second-order valence-electron chi connectivity index (χ2n) is 5.23. The lowest BCUT2D eigenvalue weighted by Crippen LogP contribution is -2.30. The van der Waals surface area contributed by atoms with E-state index in [4.69, 9.17) is 0 Å². The Morgan fingerprint density at radius 1 is 1.20 bits per heavy atom. The van der Waals surface area contributed by atoms with Gasteiger partial charge in [0.25, 0.3) is 5.65 Å². The summed E-state index contributed by atoms with van der Waals surface area (Å²) in [5, 5.41) is 0. The zero-order valence-corrected chi connectivity index (χ0v) is 11.0. The van der Waals surface area contributed by atoms with Crippen LogP contribution < -0.4 is 4.57 Å². The molecule has 5 nitrogen and oxygen atoms in total. The molecule has 96 valence electrons. The zero-order valence-electron chi connectivity index (χ0n) is 11.0. The first-order valence-electron chi connectivity index (χ1n) is 6.61. The summed E-state index contributed by atoms with van der Waals surface area (Å²) in [5.41, 5.74) is 6.15. The Labute approximate surface area is 114 Å². The van der Waals surface area contributed by atoms with E-state index in [1.807, 2.05) is 31.0 Å². The minimum atomic E-state index is 0.912. The largest absolute Gasteiger partial charge is 0.274 e. The first-order valence-corrected chi connectivity index (χ1v) is 6.61. The maximum atomic E-state index is 4.27. The van der Waals surface area contributed by atoms with Gasteiger partial charge < -0.3 is 0 Å². The normalized spacial score (nSPS) is 13.1. The van der Waals surface area contributed by atoms with Crippen molar-refractivity contribution in [3.63, 3.8) is 0 Å². The number of fused-ring (bicyclic) bond motifs is 7. The van der Waals surface area contributed by atoms with Crippen molar-refractivity contribution < 1.29 is 4.57 Å². The molecule has 0 aliphatic carbocycles. The zero-order chi connectivity index (χ0) is 13.3. The minimum Gasteiger partial charge on any atom is -0.264 e. The number of imidazole rings is 1. The summed E-state index contributed by atoms with van der Waals surface area (Å²) >= 11 is 0. The molecule has 4 aromatic rings. The average Bonchev–Trinajstić information content (AvgIpc) is 3.10. The van der Waals surface area contributed by atoms with Crippen LogP contribution in [0.2, 0.25) is 0 Å². The lowest BCUT2D eigenvalue weighted by atomic mass is 10.2. The second-order valence-corrected chi connectivity index (χ2v) is 5.23. The maximum Gasteiger partial charge on any atom is 0.274 e. The summed E-state index contributed by atoms with van der Waals surface area (Å²) in [5.74, 6) is 1.22. The van der Waals surface area contributed by atoms with Crippen molar-refractivity contribution in [2.75, 3.05) is 0 Å². The molecule has 1 aliphatic rings. The molecule has 0 radical (unpaired) electrons. The lowest BCUT2D eigenvalue weighted by Gasteiger charge is -1.96. The summed E-state index contributed by atoms with van der Waals surface area (Å²) in [4.78, 5) is 8.50. The van der Waals surface area contributed by atoms with Gasteiger partial charge in [-0.05, 0) is 12.1 Å². The quantitative estimate of drug-likeness (QED) is 0.397. The minimum absolute atomic E-state index is 0.912. The van der Waals surface area contributed by atoms with Crippen LogP contribution in [0.1, 0.15) is 5.56 Å². The number of nitrogens with zero attached hydrogens (tertiary/aromatic N) is 5. The van der Waals surface area contributed by atoms with E-state index in [0.29, 0.717) is 0 Å². The van der Waals surface area contributed by atoms with E-state index in [-0.39, 0.29) is 0 Å². The molecule has 5 heterocycles. The van der Waals surface area contributed by atoms with Crippen molar-refractivity contribution in [1.29, 1.82) is 0 Å². The Balaban J connectivity index is 1.98. The molecule has 5 heteroatoms. The molecule has 0 aromatic carbocycles. The molecule has 0 bridgehead atoms. The van der Waals surface area contributed by atoms with Crippen LogP contribution in [0.15, 0.2) is 43.1 Å². The summed E-state index contributed by atoms with van der Waals surface area (Å²) in [6, 6.07) is 6.36. The molecule has 0 amide bonds. The molecule has 5 rings (SSSR count). The third kappa shape index (κ3) is 1.02. The van der Waals surface area contributed by atoms with Gasteiger partial charge in [-0.25, -0.2) is 18.5 Å². The number of pyridine rings is 1. The van der Waals surface area contributed by atoms with Gasteiger partial charge in [-0.15, -0.1) is 0 Å². The van der Waals surface area contributed by atoms with Gasteiger partial charge in [0, 0.05) is 30.2 Å². The van der Waals surface area contributed by atoms with Crippen molar-refractivity contribution >= 4 is 16.7 Å². The van der Waals surface area contributed by atoms with E-state index in [2.05, 4.69) is 42.7 Å². The van der Waals surface area contributed by atoms with E-state index >= 15 is 0 Å². The number of hydrogen-bond acceptors (Lipinski definition) is 2. The molecule has 0 saturated carbocycles. The predicted octanol–water partition coefficient (Wildman–Crippen LogP) is 1.54. The molecule has 0 fully saturated rings. The van der Waals surface area contributed by atoms with Crippen molar-refractivity contribution in [1.82, 2.24) is 18.9 Å². The van der Waals surface area contributed by atoms with Gasteiger partial charge in [-0.1, -0.05) is 0 Å². The van der Waals surface area contributed by atoms with Crippen molar-refractivity contribution in [2.24, 2.45) is 7.05 Å². The number of rotatable bonds is 0. The van der Waals surface area contributed by atoms with Crippen LogP contribution in [0.5, 0.6) is 0 Å². The highest BCUT2D eigenvalue weighted by Crippen LogP contribution is 2.33. The van der Waals surface area contributed by atoms with Crippen LogP contribution in [0.25, 0.3) is 28.1 Å². The fraction of sp³-hybridized carbons (Fsp3) is 0.133. The van der Waals surface area contributed by atoms with Gasteiger partial charge in [-0.3, -0.25) is 4.98 Å². The van der Waals surface area contributed by atoms with E-state index in [1.165, 1.54) is 33.6 Å². The summed E-state index contributed by atoms with van der Waals surface area (Å²) in [7, 11) is 2.11. The van der Waals surface area contributed by atoms with Gasteiger partial charge in [0.05, 0.1) is 19.2 Å². The number of hydrogen-bond donors (Lipinski definition) is 0. The average molecular weight is 262 g/mol. The van der Waals surface area contributed by atoms with Gasteiger partial charge in [0.15, 0.2) is 11.8 Å². The van der Waals surface area contributed by atoms with Crippen molar-refractivity contribution in [3.8, 4) is 11.4 Å². The Bertz CT molecular complexity index is 992. The number of aromatic nitrogens is 5. The van der Waals surface area contributed by atoms with Crippen LogP contribution in [0.4, 0.5) is 0 Å². The van der Waals surface area contributed by atoms with Crippen molar-refractivity contribution in [3.05, 3.63) is 48.7 Å². The third-order valence-electron chi connectivity index (χ3n) is 4.20. The molecule has 0 unspecified atom stereocenters. The second kappa shape index (κ2) is 3.25. The predicted molar refractivity (Wildman–Crippen MR) is 74.2 cm³/mol. The Hall–Kier alpha value is -2.69. The van der Waals surface area contributed by atoms with Crippen LogP contribution in [0.3, 0.4) is 0 Å². The van der Waals surface area contributed by atoms with E-state index < -0.39 is 0 Å². The first kappa shape index (κ1) is 10.1. The van der Waals surface area contributed by atoms with Gasteiger partial charge in [0.1, 0.15) is 5.52 Å².